The molecule has 176 valence electrons. The average Bonchev–Trinajstić information content (AvgIpc) is 3.19. The van der Waals surface area contributed by atoms with E-state index < -0.39 is 53.8 Å². The molecule has 1 aliphatic heterocycles. The van der Waals surface area contributed by atoms with E-state index in [1.165, 1.54) is 25.7 Å². The molecule has 0 radical (unpaired) electrons. The SMILES string of the molecule is CC(C)C(NC(=O)[C@@H]1CCCN1C(=O)[C@H](C)NC(=O)[C@@H](C)NC(=O)[C@H](C)N)C(=O)CCl. The number of alkyl halides is 1. The van der Waals surface area contributed by atoms with Crippen molar-refractivity contribution < 1.29 is 24.0 Å². The van der Waals surface area contributed by atoms with Crippen molar-refractivity contribution in [3.63, 3.8) is 0 Å². The predicted octanol–water partition coefficient (Wildman–Crippen LogP) is -0.717. The molecule has 0 saturated carbocycles. The summed E-state index contributed by atoms with van der Waals surface area (Å²) in [5.41, 5.74) is 5.47. The van der Waals surface area contributed by atoms with Gasteiger partial charge in [-0.05, 0) is 39.5 Å². The Bertz CT molecular complexity index is 699. The van der Waals surface area contributed by atoms with Crippen LogP contribution in [0.2, 0.25) is 0 Å². The number of halogens is 1. The molecule has 5 N–H and O–H groups in total. The second-order valence-corrected chi connectivity index (χ2v) is 8.54. The van der Waals surface area contributed by atoms with E-state index in [9.17, 15) is 24.0 Å². The van der Waals surface area contributed by atoms with Gasteiger partial charge in [0.1, 0.15) is 18.1 Å². The molecule has 5 atom stereocenters. The number of carbonyl (C=O) groups is 5. The summed E-state index contributed by atoms with van der Waals surface area (Å²) in [6, 6.07) is -4.00. The lowest BCUT2D eigenvalue weighted by atomic mass is 10.00. The van der Waals surface area contributed by atoms with Crippen LogP contribution in [0.15, 0.2) is 0 Å². The van der Waals surface area contributed by atoms with Gasteiger partial charge in [-0.25, -0.2) is 0 Å². The molecule has 1 saturated heterocycles. The van der Waals surface area contributed by atoms with Crippen LogP contribution in [-0.4, -0.2) is 76.9 Å². The number of rotatable bonds is 10. The maximum Gasteiger partial charge on any atom is 0.245 e. The number of nitrogens with zero attached hydrogens (tertiary/aromatic N) is 1. The molecular weight excluding hydrogens is 426 g/mol. The highest BCUT2D eigenvalue weighted by Crippen LogP contribution is 2.19. The quantitative estimate of drug-likeness (QED) is 0.316. The molecule has 0 spiro atoms. The molecule has 1 heterocycles. The Labute approximate surface area is 188 Å². The third-order valence-electron chi connectivity index (χ3n) is 5.18. The molecule has 4 amide bonds. The first-order valence-corrected chi connectivity index (χ1v) is 11.0. The van der Waals surface area contributed by atoms with Crippen molar-refractivity contribution in [3.05, 3.63) is 0 Å². The van der Waals surface area contributed by atoms with E-state index in [1.54, 1.807) is 13.8 Å². The van der Waals surface area contributed by atoms with Crippen LogP contribution in [0.25, 0.3) is 0 Å². The van der Waals surface area contributed by atoms with Crippen LogP contribution in [0, 0.1) is 5.92 Å². The summed E-state index contributed by atoms with van der Waals surface area (Å²) in [5, 5.41) is 7.73. The third-order valence-corrected chi connectivity index (χ3v) is 5.44. The lowest BCUT2D eigenvalue weighted by molar-refractivity contribution is -0.142. The maximum absolute atomic E-state index is 12.9. The Hall–Kier alpha value is -2.20. The fourth-order valence-corrected chi connectivity index (χ4v) is 3.48. The fourth-order valence-electron chi connectivity index (χ4n) is 3.31. The Balaban J connectivity index is 2.76. The molecule has 1 aliphatic rings. The van der Waals surface area contributed by atoms with E-state index in [4.69, 9.17) is 17.3 Å². The molecule has 10 nitrogen and oxygen atoms in total. The predicted molar refractivity (Wildman–Crippen MR) is 116 cm³/mol. The van der Waals surface area contributed by atoms with Gasteiger partial charge in [0.25, 0.3) is 0 Å². The smallest absolute Gasteiger partial charge is 0.245 e. The summed E-state index contributed by atoms with van der Waals surface area (Å²) in [6.45, 7) is 8.46. The molecule has 1 fully saturated rings. The summed E-state index contributed by atoms with van der Waals surface area (Å²) in [7, 11) is 0. The highest BCUT2D eigenvalue weighted by atomic mass is 35.5. The Kier molecular flexibility index (Phi) is 10.4. The van der Waals surface area contributed by atoms with Crippen molar-refractivity contribution in [2.45, 2.75) is 77.7 Å². The van der Waals surface area contributed by atoms with E-state index in [-0.39, 0.29) is 17.6 Å². The molecule has 11 heteroatoms. The molecule has 0 aromatic rings. The van der Waals surface area contributed by atoms with Crippen molar-refractivity contribution in [3.8, 4) is 0 Å². The van der Waals surface area contributed by atoms with Gasteiger partial charge >= 0.3 is 0 Å². The topological polar surface area (TPSA) is 151 Å². The first kappa shape index (κ1) is 26.8. The van der Waals surface area contributed by atoms with E-state index in [0.717, 1.165) is 0 Å². The van der Waals surface area contributed by atoms with Gasteiger partial charge in [-0.2, -0.15) is 0 Å². The minimum Gasteiger partial charge on any atom is -0.344 e. The average molecular weight is 460 g/mol. The fraction of sp³-hybridized carbons (Fsp3) is 0.750. The molecule has 31 heavy (non-hydrogen) atoms. The number of amides is 4. The second-order valence-electron chi connectivity index (χ2n) is 8.27. The molecule has 1 rings (SSSR count). The van der Waals surface area contributed by atoms with Gasteiger partial charge in [0.2, 0.25) is 23.6 Å². The van der Waals surface area contributed by atoms with E-state index >= 15 is 0 Å². The van der Waals surface area contributed by atoms with Gasteiger partial charge in [-0.3, -0.25) is 24.0 Å². The number of Topliss-reactive ketones (excluding diaryl/α,β-unsaturated/α-hetero) is 1. The minimum absolute atomic E-state index is 0.146. The van der Waals surface area contributed by atoms with Crippen molar-refractivity contribution in [2.75, 3.05) is 12.4 Å². The van der Waals surface area contributed by atoms with Gasteiger partial charge in [0.05, 0.1) is 18.0 Å². The monoisotopic (exact) mass is 459 g/mol. The second kappa shape index (κ2) is 12.0. The molecule has 0 bridgehead atoms. The third kappa shape index (κ3) is 7.46. The molecule has 0 aliphatic carbocycles. The van der Waals surface area contributed by atoms with Crippen LogP contribution >= 0.6 is 11.6 Å². The van der Waals surface area contributed by atoms with E-state index in [0.29, 0.717) is 19.4 Å². The Morgan fingerprint density at radius 1 is 0.968 bits per heavy atom. The zero-order valence-corrected chi connectivity index (χ0v) is 19.5. The van der Waals surface area contributed by atoms with Gasteiger partial charge < -0.3 is 26.6 Å². The van der Waals surface area contributed by atoms with E-state index in [1.807, 2.05) is 0 Å². The lowest BCUT2D eigenvalue weighted by Crippen LogP contribution is -2.57. The summed E-state index contributed by atoms with van der Waals surface area (Å²) in [5.74, 6) is -2.50. The van der Waals surface area contributed by atoms with Crippen molar-refractivity contribution in [1.82, 2.24) is 20.9 Å². The van der Waals surface area contributed by atoms with Crippen LogP contribution in [0.4, 0.5) is 0 Å². The Morgan fingerprint density at radius 3 is 2.06 bits per heavy atom. The van der Waals surface area contributed by atoms with Crippen LogP contribution < -0.4 is 21.7 Å². The standard InChI is InChI=1S/C20H34ClN5O5/c1-10(2)16(15(27)9-21)25-19(30)14-7-6-8-26(14)20(31)13(5)24-18(29)12(4)23-17(28)11(3)22/h10-14,16H,6-9,22H2,1-5H3,(H,23,28)(H,24,29)(H,25,30)/t11-,12+,13-,14-,16?/m0/s1. The summed E-state index contributed by atoms with van der Waals surface area (Å²) in [4.78, 5) is 63.1. The van der Waals surface area contributed by atoms with Crippen LogP contribution in [-0.2, 0) is 24.0 Å². The minimum atomic E-state index is -0.902. The highest BCUT2D eigenvalue weighted by Gasteiger charge is 2.38. The highest BCUT2D eigenvalue weighted by molar-refractivity contribution is 6.28. The Morgan fingerprint density at radius 2 is 1.55 bits per heavy atom. The number of carbonyl (C=O) groups excluding carboxylic acids is 5. The number of likely N-dealkylation sites (tertiary alicyclic amines) is 1. The summed E-state index contributed by atoms with van der Waals surface area (Å²) in [6.07, 6.45) is 1.08. The summed E-state index contributed by atoms with van der Waals surface area (Å²) >= 11 is 5.64. The summed E-state index contributed by atoms with van der Waals surface area (Å²) < 4.78 is 0. The van der Waals surface area contributed by atoms with Crippen molar-refractivity contribution >= 4 is 41.0 Å². The first-order chi connectivity index (χ1) is 14.4. The largest absolute Gasteiger partial charge is 0.344 e. The number of hydrogen-bond donors (Lipinski definition) is 4. The van der Waals surface area contributed by atoms with Gasteiger partial charge in [-0.1, -0.05) is 13.8 Å². The van der Waals surface area contributed by atoms with Crippen LogP contribution in [0.5, 0.6) is 0 Å². The number of nitrogens with two attached hydrogens (primary N) is 1. The van der Waals surface area contributed by atoms with Crippen molar-refractivity contribution in [2.24, 2.45) is 11.7 Å². The number of ketones is 1. The van der Waals surface area contributed by atoms with Gasteiger partial charge in [0, 0.05) is 6.54 Å². The van der Waals surface area contributed by atoms with Crippen molar-refractivity contribution in [1.29, 1.82) is 0 Å². The van der Waals surface area contributed by atoms with Gasteiger partial charge in [-0.15, -0.1) is 11.6 Å². The molecular formula is C20H34ClN5O5. The normalized spacial score (nSPS) is 19.9. The number of nitrogens with one attached hydrogen (secondary N) is 3. The zero-order valence-electron chi connectivity index (χ0n) is 18.7. The zero-order chi connectivity index (χ0) is 23.9. The van der Waals surface area contributed by atoms with Crippen LogP contribution in [0.1, 0.15) is 47.5 Å². The maximum atomic E-state index is 12.9. The molecule has 1 unspecified atom stereocenters. The first-order valence-electron chi connectivity index (χ1n) is 10.5. The van der Waals surface area contributed by atoms with Gasteiger partial charge in [0.15, 0.2) is 5.78 Å². The molecule has 0 aromatic heterocycles. The number of hydrogen-bond acceptors (Lipinski definition) is 6. The lowest BCUT2D eigenvalue weighted by Gasteiger charge is -2.29. The molecule has 0 aromatic carbocycles. The van der Waals surface area contributed by atoms with E-state index in [2.05, 4.69) is 16.0 Å². The van der Waals surface area contributed by atoms with Crippen LogP contribution in [0.3, 0.4) is 0 Å².